The third-order valence-corrected chi connectivity index (χ3v) is 2.42. The van der Waals surface area contributed by atoms with Crippen molar-refractivity contribution in [1.29, 1.82) is 0 Å². The Bertz CT molecular complexity index is 689. The van der Waals surface area contributed by atoms with Crippen molar-refractivity contribution in [3.63, 3.8) is 0 Å². The molecule has 0 unspecified atom stereocenters. The van der Waals surface area contributed by atoms with Crippen LogP contribution in [0.5, 0.6) is 0 Å². The van der Waals surface area contributed by atoms with E-state index in [0.29, 0.717) is 5.69 Å². The summed E-state index contributed by atoms with van der Waals surface area (Å²) in [6.45, 7) is 0.269. The third-order valence-electron chi connectivity index (χ3n) is 2.42. The number of pyridine rings is 1. The van der Waals surface area contributed by atoms with Crippen LogP contribution in [0, 0.1) is 17.7 Å². The summed E-state index contributed by atoms with van der Waals surface area (Å²) in [6.07, 6.45) is 2.34. The van der Waals surface area contributed by atoms with Gasteiger partial charge in [0.25, 0.3) is 5.91 Å². The summed E-state index contributed by atoms with van der Waals surface area (Å²) in [5, 5.41) is 2.66. The van der Waals surface area contributed by atoms with Crippen LogP contribution < -0.4 is 11.1 Å². The molecule has 1 aromatic carbocycles. The normalized spacial score (nSPS) is 9.50. The van der Waals surface area contributed by atoms with Gasteiger partial charge in [0, 0.05) is 17.4 Å². The van der Waals surface area contributed by atoms with Crippen LogP contribution in [0.25, 0.3) is 0 Å². The van der Waals surface area contributed by atoms with E-state index in [1.54, 1.807) is 18.2 Å². The van der Waals surface area contributed by atoms with Crippen LogP contribution in [-0.4, -0.2) is 17.4 Å². The lowest BCUT2D eigenvalue weighted by Gasteiger charge is -2.05. The van der Waals surface area contributed by atoms with Crippen molar-refractivity contribution in [2.75, 3.05) is 11.9 Å². The molecular formula is C15H12FN3O. The van der Waals surface area contributed by atoms with Crippen molar-refractivity contribution in [1.82, 2.24) is 4.98 Å². The molecule has 2 aromatic rings. The van der Waals surface area contributed by atoms with E-state index in [4.69, 9.17) is 5.73 Å². The molecule has 0 aliphatic carbocycles. The molecular weight excluding hydrogens is 257 g/mol. The number of carbonyl (C=O) groups is 1. The lowest BCUT2D eigenvalue weighted by atomic mass is 10.2. The molecule has 0 atom stereocenters. The van der Waals surface area contributed by atoms with Gasteiger partial charge in [-0.25, -0.2) is 4.39 Å². The third kappa shape index (κ3) is 3.64. The number of hydrogen-bond donors (Lipinski definition) is 2. The molecule has 0 saturated heterocycles. The minimum absolute atomic E-state index is 0.156. The maximum absolute atomic E-state index is 13.0. The average Bonchev–Trinajstić information content (AvgIpc) is 2.45. The Morgan fingerprint density at radius 3 is 2.95 bits per heavy atom. The van der Waals surface area contributed by atoms with Gasteiger partial charge in [-0.1, -0.05) is 17.9 Å². The molecule has 0 radical (unpaired) electrons. The molecule has 0 bridgehead atoms. The Morgan fingerprint density at radius 1 is 1.35 bits per heavy atom. The van der Waals surface area contributed by atoms with Crippen LogP contribution in [0.3, 0.4) is 0 Å². The van der Waals surface area contributed by atoms with Crippen LogP contribution in [-0.2, 0) is 0 Å². The SMILES string of the molecule is NCC#Cc1cccc(NC(=O)c2cncc(F)c2)c1. The molecule has 3 N–H and O–H groups in total. The van der Waals surface area contributed by atoms with Crippen molar-refractivity contribution in [3.8, 4) is 11.8 Å². The van der Waals surface area contributed by atoms with E-state index < -0.39 is 11.7 Å². The molecule has 1 aromatic heterocycles. The van der Waals surface area contributed by atoms with Gasteiger partial charge in [-0.3, -0.25) is 9.78 Å². The van der Waals surface area contributed by atoms with E-state index >= 15 is 0 Å². The maximum Gasteiger partial charge on any atom is 0.257 e. The Kier molecular flexibility index (Phi) is 4.43. The molecule has 2 rings (SSSR count). The lowest BCUT2D eigenvalue weighted by Crippen LogP contribution is -2.12. The van der Waals surface area contributed by atoms with Crippen LogP contribution >= 0.6 is 0 Å². The summed E-state index contributed by atoms with van der Waals surface area (Å²) in [5.41, 5.74) is 6.77. The van der Waals surface area contributed by atoms with Crippen LogP contribution in [0.4, 0.5) is 10.1 Å². The lowest BCUT2D eigenvalue weighted by molar-refractivity contribution is 0.102. The van der Waals surface area contributed by atoms with Gasteiger partial charge in [0.2, 0.25) is 0 Å². The highest BCUT2D eigenvalue weighted by atomic mass is 19.1. The standard InChI is InChI=1S/C15H12FN3O/c16-13-8-12(9-18-10-13)15(20)19-14-5-1-3-11(7-14)4-2-6-17/h1,3,5,7-10H,6,17H2,(H,19,20). The molecule has 1 heterocycles. The molecule has 0 spiro atoms. The summed E-state index contributed by atoms with van der Waals surface area (Å²) in [5.74, 6) is 4.61. The fraction of sp³-hybridized carbons (Fsp3) is 0.0667. The Balaban J connectivity index is 2.15. The van der Waals surface area contributed by atoms with Crippen molar-refractivity contribution < 1.29 is 9.18 Å². The number of carbonyl (C=O) groups excluding carboxylic acids is 1. The fourth-order valence-electron chi connectivity index (χ4n) is 1.57. The molecule has 100 valence electrons. The van der Waals surface area contributed by atoms with Gasteiger partial charge in [-0.15, -0.1) is 0 Å². The molecule has 4 nitrogen and oxygen atoms in total. The number of nitrogens with two attached hydrogens (primary N) is 1. The van der Waals surface area contributed by atoms with E-state index in [9.17, 15) is 9.18 Å². The number of nitrogens with one attached hydrogen (secondary N) is 1. The van der Waals surface area contributed by atoms with Gasteiger partial charge < -0.3 is 11.1 Å². The number of anilines is 1. The second-order valence-electron chi connectivity index (χ2n) is 3.93. The van der Waals surface area contributed by atoms with Gasteiger partial charge in [0.05, 0.1) is 18.3 Å². The number of halogens is 1. The number of aromatic nitrogens is 1. The summed E-state index contributed by atoms with van der Waals surface area (Å²) in [7, 11) is 0. The summed E-state index contributed by atoms with van der Waals surface area (Å²) < 4.78 is 13.0. The monoisotopic (exact) mass is 269 g/mol. The zero-order valence-electron chi connectivity index (χ0n) is 10.6. The van der Waals surface area contributed by atoms with Crippen LogP contribution in [0.15, 0.2) is 42.7 Å². The molecule has 5 heteroatoms. The second kappa shape index (κ2) is 6.45. The van der Waals surface area contributed by atoms with Crippen molar-refractivity contribution in [3.05, 3.63) is 59.7 Å². The quantitative estimate of drug-likeness (QED) is 0.817. The fourth-order valence-corrected chi connectivity index (χ4v) is 1.57. The number of amides is 1. The largest absolute Gasteiger partial charge is 0.322 e. The van der Waals surface area contributed by atoms with E-state index in [0.717, 1.165) is 17.8 Å². The van der Waals surface area contributed by atoms with E-state index in [1.165, 1.54) is 6.20 Å². The van der Waals surface area contributed by atoms with Gasteiger partial charge >= 0.3 is 0 Å². The molecule has 0 fully saturated rings. The number of nitrogens with zero attached hydrogens (tertiary/aromatic N) is 1. The number of benzene rings is 1. The maximum atomic E-state index is 13.0. The average molecular weight is 269 g/mol. The van der Waals surface area contributed by atoms with Gasteiger partial charge in [0.1, 0.15) is 5.82 Å². The van der Waals surface area contributed by atoms with Gasteiger partial charge in [-0.05, 0) is 24.3 Å². The summed E-state index contributed by atoms with van der Waals surface area (Å²) in [6, 6.07) is 8.13. The van der Waals surface area contributed by atoms with E-state index in [2.05, 4.69) is 22.1 Å². The topological polar surface area (TPSA) is 68.0 Å². The van der Waals surface area contributed by atoms with Crippen molar-refractivity contribution >= 4 is 11.6 Å². The predicted octanol–water partition coefficient (Wildman–Crippen LogP) is 1.78. The molecule has 0 aliphatic rings. The zero-order chi connectivity index (χ0) is 14.4. The first-order chi connectivity index (χ1) is 9.69. The highest BCUT2D eigenvalue weighted by Gasteiger charge is 2.07. The first-order valence-electron chi connectivity index (χ1n) is 5.90. The molecule has 1 amide bonds. The van der Waals surface area contributed by atoms with Gasteiger partial charge in [0.15, 0.2) is 0 Å². The number of rotatable bonds is 2. The second-order valence-corrected chi connectivity index (χ2v) is 3.93. The Morgan fingerprint density at radius 2 is 2.20 bits per heavy atom. The first kappa shape index (κ1) is 13.7. The molecule has 0 aliphatic heterocycles. The Hall–Kier alpha value is -2.71. The molecule has 0 saturated carbocycles. The predicted molar refractivity (Wildman–Crippen MR) is 74.5 cm³/mol. The van der Waals surface area contributed by atoms with Gasteiger partial charge in [-0.2, -0.15) is 0 Å². The minimum atomic E-state index is -0.555. The smallest absolute Gasteiger partial charge is 0.257 e. The van der Waals surface area contributed by atoms with Crippen molar-refractivity contribution in [2.45, 2.75) is 0 Å². The van der Waals surface area contributed by atoms with E-state index in [-0.39, 0.29) is 12.1 Å². The molecule has 20 heavy (non-hydrogen) atoms. The highest BCUT2D eigenvalue weighted by Crippen LogP contribution is 2.12. The van der Waals surface area contributed by atoms with Crippen LogP contribution in [0.1, 0.15) is 15.9 Å². The Labute approximate surface area is 115 Å². The minimum Gasteiger partial charge on any atom is -0.322 e. The highest BCUT2D eigenvalue weighted by molar-refractivity contribution is 6.04. The van der Waals surface area contributed by atoms with Crippen LogP contribution in [0.2, 0.25) is 0 Å². The van der Waals surface area contributed by atoms with Crippen molar-refractivity contribution in [2.24, 2.45) is 5.73 Å². The zero-order valence-corrected chi connectivity index (χ0v) is 10.6. The summed E-state index contributed by atoms with van der Waals surface area (Å²) >= 11 is 0. The first-order valence-corrected chi connectivity index (χ1v) is 5.90. The summed E-state index contributed by atoms with van der Waals surface area (Å²) in [4.78, 5) is 15.6. The number of hydrogen-bond acceptors (Lipinski definition) is 3. The van der Waals surface area contributed by atoms with E-state index in [1.807, 2.05) is 6.07 Å².